The van der Waals surface area contributed by atoms with Crippen LogP contribution in [0.1, 0.15) is 63.9 Å². The summed E-state index contributed by atoms with van der Waals surface area (Å²) in [5.74, 6) is -0.135. The van der Waals surface area contributed by atoms with E-state index in [1.165, 1.54) is 5.56 Å². The van der Waals surface area contributed by atoms with Crippen LogP contribution in [0.5, 0.6) is 0 Å². The summed E-state index contributed by atoms with van der Waals surface area (Å²) in [6.07, 6.45) is 8.69. The van der Waals surface area contributed by atoms with Gasteiger partial charge in [0.05, 0.1) is 24.9 Å². The minimum atomic E-state index is -0.511. The number of allylic oxidation sites excluding steroid dienone is 2. The van der Waals surface area contributed by atoms with E-state index in [0.717, 1.165) is 25.7 Å². The Labute approximate surface area is 180 Å². The van der Waals surface area contributed by atoms with Crippen molar-refractivity contribution in [3.05, 3.63) is 48.0 Å². The highest BCUT2D eigenvalue weighted by atomic mass is 16.5. The lowest BCUT2D eigenvalue weighted by Crippen LogP contribution is -2.23. The van der Waals surface area contributed by atoms with Gasteiger partial charge in [-0.15, -0.1) is 0 Å². The zero-order valence-electron chi connectivity index (χ0n) is 18.2. The van der Waals surface area contributed by atoms with Crippen LogP contribution in [0.25, 0.3) is 0 Å². The van der Waals surface area contributed by atoms with Crippen molar-refractivity contribution in [2.24, 2.45) is 11.8 Å². The van der Waals surface area contributed by atoms with Gasteiger partial charge in [-0.05, 0) is 75.7 Å². The Morgan fingerprint density at radius 1 is 1.13 bits per heavy atom. The maximum Gasteiger partial charge on any atom is 0.305 e. The molecule has 2 rings (SSSR count). The van der Waals surface area contributed by atoms with E-state index in [9.17, 15) is 20.1 Å². The smallest absolute Gasteiger partial charge is 0.305 e. The lowest BCUT2D eigenvalue weighted by Gasteiger charge is -2.23. The molecule has 1 aromatic carbocycles. The molecular weight excluding hydrogens is 380 g/mol. The van der Waals surface area contributed by atoms with Crippen molar-refractivity contribution >= 4 is 5.97 Å². The molecule has 1 fully saturated rings. The molecule has 0 spiro atoms. The van der Waals surface area contributed by atoms with Crippen LogP contribution >= 0.6 is 0 Å². The number of benzene rings is 1. The first-order valence-electron chi connectivity index (χ1n) is 11.4. The first kappa shape index (κ1) is 24.6. The summed E-state index contributed by atoms with van der Waals surface area (Å²) in [6, 6.07) is 10.1. The minimum absolute atomic E-state index is 0.00978. The second-order valence-electron chi connectivity index (χ2n) is 8.36. The highest BCUT2D eigenvalue weighted by molar-refractivity contribution is 5.69. The monoisotopic (exact) mass is 418 g/mol. The number of aliphatic hydroxyl groups is 3. The quantitative estimate of drug-likeness (QED) is 0.258. The van der Waals surface area contributed by atoms with Crippen molar-refractivity contribution in [2.75, 3.05) is 6.61 Å². The average molecular weight is 419 g/mol. The predicted molar refractivity (Wildman–Crippen MR) is 118 cm³/mol. The molecule has 3 N–H and O–H groups in total. The fourth-order valence-electron chi connectivity index (χ4n) is 4.38. The Bertz CT molecular complexity index is 630. The zero-order chi connectivity index (χ0) is 21.8. The third-order valence-electron chi connectivity index (χ3n) is 6.10. The predicted octanol–water partition coefficient (Wildman–Crippen LogP) is 3.80. The van der Waals surface area contributed by atoms with Crippen molar-refractivity contribution in [1.29, 1.82) is 0 Å². The molecule has 0 saturated heterocycles. The Hall–Kier alpha value is -1.69. The number of rotatable bonds is 13. The third-order valence-corrected chi connectivity index (χ3v) is 6.10. The molecule has 1 aliphatic rings. The van der Waals surface area contributed by atoms with Crippen molar-refractivity contribution in [1.82, 2.24) is 0 Å². The second kappa shape index (κ2) is 13.6. The van der Waals surface area contributed by atoms with Gasteiger partial charge in [0.2, 0.25) is 0 Å². The molecule has 0 heterocycles. The lowest BCUT2D eigenvalue weighted by atomic mass is 9.85. The number of ether oxygens (including phenoxy) is 1. The summed E-state index contributed by atoms with van der Waals surface area (Å²) in [5.41, 5.74) is 1.22. The molecule has 5 nitrogen and oxygen atoms in total. The van der Waals surface area contributed by atoms with Gasteiger partial charge < -0.3 is 20.1 Å². The second-order valence-corrected chi connectivity index (χ2v) is 8.36. The van der Waals surface area contributed by atoms with E-state index < -0.39 is 18.3 Å². The van der Waals surface area contributed by atoms with Crippen LogP contribution < -0.4 is 0 Å². The van der Waals surface area contributed by atoms with Crippen LogP contribution in [0.15, 0.2) is 42.5 Å². The van der Waals surface area contributed by atoms with Crippen LogP contribution in [0.3, 0.4) is 0 Å². The van der Waals surface area contributed by atoms with Crippen molar-refractivity contribution in [3.63, 3.8) is 0 Å². The van der Waals surface area contributed by atoms with Gasteiger partial charge in [-0.3, -0.25) is 4.79 Å². The summed E-state index contributed by atoms with van der Waals surface area (Å²) < 4.78 is 4.91. The molecule has 0 aromatic heterocycles. The molecule has 0 bridgehead atoms. The number of carbonyl (C=O) groups excluding carboxylic acids is 1. The van der Waals surface area contributed by atoms with E-state index >= 15 is 0 Å². The summed E-state index contributed by atoms with van der Waals surface area (Å²) in [6.45, 7) is 2.22. The molecule has 5 atom stereocenters. The van der Waals surface area contributed by atoms with E-state index in [4.69, 9.17) is 4.74 Å². The highest BCUT2D eigenvalue weighted by Gasteiger charge is 2.40. The van der Waals surface area contributed by atoms with Gasteiger partial charge in [0.15, 0.2) is 0 Å². The first-order chi connectivity index (χ1) is 14.5. The molecule has 0 aliphatic heterocycles. The van der Waals surface area contributed by atoms with Gasteiger partial charge >= 0.3 is 5.97 Å². The molecule has 0 amide bonds. The highest BCUT2D eigenvalue weighted by Crippen LogP contribution is 2.38. The van der Waals surface area contributed by atoms with Crippen molar-refractivity contribution in [3.8, 4) is 0 Å². The van der Waals surface area contributed by atoms with Crippen molar-refractivity contribution in [2.45, 2.75) is 83.0 Å². The van der Waals surface area contributed by atoms with E-state index in [1.807, 2.05) is 24.3 Å². The SMILES string of the molecule is CCOC(=O)CCC/C=C\CC1C(O)CC(O)C1CCC(O)CCc1ccccc1. The number of esters is 1. The summed E-state index contributed by atoms with van der Waals surface area (Å²) in [4.78, 5) is 11.3. The molecule has 1 saturated carbocycles. The third kappa shape index (κ3) is 8.58. The van der Waals surface area contributed by atoms with Gasteiger partial charge in [-0.1, -0.05) is 42.5 Å². The minimum Gasteiger partial charge on any atom is -0.466 e. The lowest BCUT2D eigenvalue weighted by molar-refractivity contribution is -0.143. The maximum absolute atomic E-state index is 11.3. The number of carbonyl (C=O) groups is 1. The molecule has 1 aliphatic carbocycles. The summed E-state index contributed by atoms with van der Waals surface area (Å²) >= 11 is 0. The standard InChI is InChI=1S/C25H38O5/c1-2-30-25(29)13-9-4-3-8-12-21-22(24(28)18-23(21)27)17-16-20(26)15-14-19-10-6-5-7-11-19/h3,5-8,10-11,20-24,26-28H,2,4,9,12-18H2,1H3/b8-3-. The topological polar surface area (TPSA) is 87.0 Å². The van der Waals surface area contributed by atoms with E-state index in [0.29, 0.717) is 38.7 Å². The molecule has 1 aromatic rings. The molecule has 168 valence electrons. The Morgan fingerprint density at radius 2 is 1.87 bits per heavy atom. The fourth-order valence-corrected chi connectivity index (χ4v) is 4.38. The normalized spacial score (nSPS) is 24.9. The van der Waals surface area contributed by atoms with Gasteiger partial charge in [0, 0.05) is 6.42 Å². The van der Waals surface area contributed by atoms with Gasteiger partial charge in [-0.25, -0.2) is 0 Å². The summed E-state index contributed by atoms with van der Waals surface area (Å²) in [7, 11) is 0. The van der Waals surface area contributed by atoms with Gasteiger partial charge in [0.1, 0.15) is 0 Å². The molecule has 5 heteroatoms. The Kier molecular flexibility index (Phi) is 11.1. The average Bonchev–Trinajstić information content (AvgIpc) is 3.00. The first-order valence-corrected chi connectivity index (χ1v) is 11.4. The summed E-state index contributed by atoms with van der Waals surface area (Å²) in [5, 5.41) is 31.1. The van der Waals surface area contributed by atoms with Crippen LogP contribution in [-0.2, 0) is 16.0 Å². The van der Waals surface area contributed by atoms with Crippen LogP contribution in [-0.4, -0.2) is 46.2 Å². The number of hydrogen-bond donors (Lipinski definition) is 3. The maximum atomic E-state index is 11.3. The van der Waals surface area contributed by atoms with Gasteiger partial charge in [0.25, 0.3) is 0 Å². The Balaban J connectivity index is 1.71. The number of unbranched alkanes of at least 4 members (excludes halogenated alkanes) is 1. The van der Waals surface area contributed by atoms with Crippen LogP contribution in [0, 0.1) is 11.8 Å². The zero-order valence-corrected chi connectivity index (χ0v) is 18.2. The van der Waals surface area contributed by atoms with Crippen molar-refractivity contribution < 1.29 is 24.9 Å². The number of aliphatic hydroxyl groups excluding tert-OH is 3. The van der Waals surface area contributed by atoms with E-state index in [2.05, 4.69) is 18.2 Å². The molecular formula is C25H38O5. The number of hydrogen-bond acceptors (Lipinski definition) is 5. The van der Waals surface area contributed by atoms with Crippen LogP contribution in [0.4, 0.5) is 0 Å². The van der Waals surface area contributed by atoms with E-state index in [-0.39, 0.29) is 17.8 Å². The molecule has 30 heavy (non-hydrogen) atoms. The van der Waals surface area contributed by atoms with Crippen LogP contribution in [0.2, 0.25) is 0 Å². The molecule has 5 unspecified atom stereocenters. The van der Waals surface area contributed by atoms with Gasteiger partial charge in [-0.2, -0.15) is 0 Å². The number of aryl methyl sites for hydroxylation is 1. The van der Waals surface area contributed by atoms with E-state index in [1.54, 1.807) is 6.92 Å². The fraction of sp³-hybridized carbons (Fsp3) is 0.640. The molecule has 0 radical (unpaired) electrons. The Morgan fingerprint density at radius 3 is 2.60 bits per heavy atom. The largest absolute Gasteiger partial charge is 0.466 e.